The van der Waals surface area contributed by atoms with Gasteiger partial charge in [0, 0.05) is 13.2 Å². The van der Waals surface area contributed by atoms with Gasteiger partial charge in [0.05, 0.1) is 12.7 Å². The molecule has 0 aliphatic heterocycles. The highest BCUT2D eigenvalue weighted by molar-refractivity contribution is 7.80. The Morgan fingerprint density at radius 1 is 1.25 bits per heavy atom. The summed E-state index contributed by atoms with van der Waals surface area (Å²) in [5, 5.41) is 0. The van der Waals surface area contributed by atoms with E-state index in [9.17, 15) is 0 Å². The Morgan fingerprint density at radius 2 is 2.00 bits per heavy atom. The highest BCUT2D eigenvalue weighted by Gasteiger charge is 2.06. The van der Waals surface area contributed by atoms with Crippen LogP contribution >= 0.6 is 12.6 Å². The summed E-state index contributed by atoms with van der Waals surface area (Å²) in [6.07, 6.45) is 2.42. The van der Waals surface area contributed by atoms with Crippen LogP contribution in [0.2, 0.25) is 0 Å². The van der Waals surface area contributed by atoms with E-state index >= 15 is 0 Å². The summed E-state index contributed by atoms with van der Waals surface area (Å²) in [6, 6.07) is 0. The minimum absolute atomic E-state index is 0.266. The summed E-state index contributed by atoms with van der Waals surface area (Å²) in [6.45, 7) is 6.27. The Labute approximate surface area is 81.0 Å². The Bertz CT molecular complexity index is 80.6. The molecule has 0 aliphatic carbocycles. The summed E-state index contributed by atoms with van der Waals surface area (Å²) in [5.41, 5.74) is 0. The summed E-state index contributed by atoms with van der Waals surface area (Å²) >= 11 is 4.16. The third-order valence-corrected chi connectivity index (χ3v) is 1.91. The van der Waals surface area contributed by atoms with Crippen molar-refractivity contribution in [3.8, 4) is 0 Å². The molecule has 0 spiro atoms. The van der Waals surface area contributed by atoms with Crippen LogP contribution in [0.3, 0.4) is 0 Å². The van der Waals surface area contributed by atoms with Crippen LogP contribution < -0.4 is 0 Å². The first-order valence-corrected chi connectivity index (χ1v) is 5.28. The van der Waals surface area contributed by atoms with Crippen molar-refractivity contribution in [2.24, 2.45) is 0 Å². The molecule has 0 fully saturated rings. The van der Waals surface area contributed by atoms with Gasteiger partial charge in [-0.15, -0.1) is 0 Å². The van der Waals surface area contributed by atoms with E-state index in [-0.39, 0.29) is 6.10 Å². The molecule has 0 aromatic rings. The van der Waals surface area contributed by atoms with Crippen molar-refractivity contribution in [3.05, 3.63) is 0 Å². The van der Waals surface area contributed by atoms with Crippen molar-refractivity contribution in [1.82, 2.24) is 0 Å². The van der Waals surface area contributed by atoms with Crippen LogP contribution in [0.1, 0.15) is 26.7 Å². The van der Waals surface area contributed by atoms with E-state index in [1.807, 2.05) is 13.8 Å². The first kappa shape index (κ1) is 12.3. The fourth-order valence-electron chi connectivity index (χ4n) is 1.02. The Balaban J connectivity index is 3.40. The first-order valence-electron chi connectivity index (χ1n) is 4.65. The van der Waals surface area contributed by atoms with Crippen molar-refractivity contribution >= 4 is 12.6 Å². The summed E-state index contributed by atoms with van der Waals surface area (Å²) in [5.74, 6) is 0.926. The lowest BCUT2D eigenvalue weighted by Gasteiger charge is -2.15. The van der Waals surface area contributed by atoms with Gasteiger partial charge in [-0.3, -0.25) is 0 Å². The topological polar surface area (TPSA) is 18.5 Å². The SMILES string of the molecule is CCOCC(CCCS)OCC. The number of hydrogen-bond donors (Lipinski definition) is 1. The summed E-state index contributed by atoms with van der Waals surface area (Å²) in [7, 11) is 0. The summed E-state index contributed by atoms with van der Waals surface area (Å²) in [4.78, 5) is 0. The van der Waals surface area contributed by atoms with E-state index in [2.05, 4.69) is 12.6 Å². The van der Waals surface area contributed by atoms with Crippen molar-refractivity contribution in [2.75, 3.05) is 25.6 Å². The van der Waals surface area contributed by atoms with Gasteiger partial charge >= 0.3 is 0 Å². The van der Waals surface area contributed by atoms with Gasteiger partial charge < -0.3 is 9.47 Å². The van der Waals surface area contributed by atoms with Gasteiger partial charge in [0.25, 0.3) is 0 Å². The van der Waals surface area contributed by atoms with Gasteiger partial charge in [-0.05, 0) is 32.4 Å². The zero-order valence-corrected chi connectivity index (χ0v) is 8.98. The van der Waals surface area contributed by atoms with Crippen LogP contribution in [-0.4, -0.2) is 31.7 Å². The predicted octanol–water partition coefficient (Wildman–Crippen LogP) is 2.14. The molecule has 74 valence electrons. The molecule has 12 heavy (non-hydrogen) atoms. The zero-order chi connectivity index (χ0) is 9.23. The molecule has 1 unspecified atom stereocenters. The molecule has 0 amide bonds. The second-order valence-corrected chi connectivity index (χ2v) is 3.05. The zero-order valence-electron chi connectivity index (χ0n) is 8.08. The lowest BCUT2D eigenvalue weighted by molar-refractivity contribution is -0.0124. The highest BCUT2D eigenvalue weighted by Crippen LogP contribution is 2.04. The molecule has 3 heteroatoms. The van der Waals surface area contributed by atoms with E-state index in [0.717, 1.165) is 38.4 Å². The quantitative estimate of drug-likeness (QED) is 0.594. The third-order valence-electron chi connectivity index (χ3n) is 1.59. The smallest absolute Gasteiger partial charge is 0.0808 e. The first-order chi connectivity index (χ1) is 5.85. The molecule has 0 bridgehead atoms. The lowest BCUT2D eigenvalue weighted by atomic mass is 10.2. The second-order valence-electron chi connectivity index (χ2n) is 2.60. The Morgan fingerprint density at radius 3 is 2.50 bits per heavy atom. The van der Waals surface area contributed by atoms with E-state index in [4.69, 9.17) is 9.47 Å². The molecule has 0 radical (unpaired) electrons. The minimum Gasteiger partial charge on any atom is -0.379 e. The maximum absolute atomic E-state index is 5.49. The van der Waals surface area contributed by atoms with Gasteiger partial charge in [-0.25, -0.2) is 0 Å². The average molecular weight is 192 g/mol. The van der Waals surface area contributed by atoms with Crippen molar-refractivity contribution < 1.29 is 9.47 Å². The van der Waals surface area contributed by atoms with Crippen LogP contribution in [0.4, 0.5) is 0 Å². The monoisotopic (exact) mass is 192 g/mol. The second kappa shape index (κ2) is 9.36. The molecule has 0 N–H and O–H groups in total. The highest BCUT2D eigenvalue weighted by atomic mass is 32.1. The van der Waals surface area contributed by atoms with Crippen LogP contribution in [0, 0.1) is 0 Å². The van der Waals surface area contributed by atoms with Gasteiger partial charge in [0.1, 0.15) is 0 Å². The van der Waals surface area contributed by atoms with Crippen molar-refractivity contribution in [2.45, 2.75) is 32.8 Å². The third kappa shape index (κ3) is 6.95. The molecule has 0 aromatic heterocycles. The van der Waals surface area contributed by atoms with Crippen molar-refractivity contribution in [3.63, 3.8) is 0 Å². The molecular weight excluding hydrogens is 172 g/mol. The molecule has 0 aromatic carbocycles. The van der Waals surface area contributed by atoms with Gasteiger partial charge in [-0.1, -0.05) is 0 Å². The molecule has 0 aliphatic rings. The van der Waals surface area contributed by atoms with Crippen LogP contribution in [-0.2, 0) is 9.47 Å². The molecule has 0 heterocycles. The number of rotatable bonds is 8. The van der Waals surface area contributed by atoms with Crippen LogP contribution in [0.5, 0.6) is 0 Å². The largest absolute Gasteiger partial charge is 0.379 e. The van der Waals surface area contributed by atoms with Gasteiger partial charge in [0.15, 0.2) is 0 Å². The molecule has 0 saturated carbocycles. The minimum atomic E-state index is 0.266. The molecule has 2 nitrogen and oxygen atoms in total. The number of ether oxygens (including phenoxy) is 2. The van der Waals surface area contributed by atoms with E-state index in [1.165, 1.54) is 0 Å². The normalized spacial score (nSPS) is 13.2. The Kier molecular flexibility index (Phi) is 9.57. The van der Waals surface area contributed by atoms with Crippen molar-refractivity contribution in [1.29, 1.82) is 0 Å². The van der Waals surface area contributed by atoms with Gasteiger partial charge in [0.2, 0.25) is 0 Å². The maximum atomic E-state index is 5.49. The van der Waals surface area contributed by atoms with Crippen LogP contribution in [0.15, 0.2) is 0 Å². The fraction of sp³-hybridized carbons (Fsp3) is 1.00. The molecule has 0 saturated heterocycles. The maximum Gasteiger partial charge on any atom is 0.0808 e. The molecule has 1 atom stereocenters. The van der Waals surface area contributed by atoms with Gasteiger partial charge in [-0.2, -0.15) is 12.6 Å². The molecule has 0 rings (SSSR count). The number of thiol groups is 1. The Hall–Kier alpha value is 0.270. The van der Waals surface area contributed by atoms with E-state index in [1.54, 1.807) is 0 Å². The average Bonchev–Trinajstić information content (AvgIpc) is 2.10. The standard InChI is InChI=1S/C9H20O2S/c1-3-10-8-9(11-4-2)6-5-7-12/h9,12H,3-8H2,1-2H3. The van der Waals surface area contributed by atoms with E-state index < -0.39 is 0 Å². The van der Waals surface area contributed by atoms with Crippen LogP contribution in [0.25, 0.3) is 0 Å². The lowest BCUT2D eigenvalue weighted by Crippen LogP contribution is -2.20. The summed E-state index contributed by atoms with van der Waals surface area (Å²) < 4.78 is 10.8. The predicted molar refractivity (Wildman–Crippen MR) is 55.0 cm³/mol. The fourth-order valence-corrected chi connectivity index (χ4v) is 1.20. The number of hydrogen-bond acceptors (Lipinski definition) is 3. The van der Waals surface area contributed by atoms with E-state index in [0.29, 0.717) is 0 Å². The molecular formula is C9H20O2S.